The first kappa shape index (κ1) is 12.9. The number of nitrogens with zero attached hydrogens (tertiary/aromatic N) is 2. The molecule has 0 spiro atoms. The summed E-state index contributed by atoms with van der Waals surface area (Å²) in [6.07, 6.45) is 2.73. The van der Waals surface area contributed by atoms with Gasteiger partial charge < -0.3 is 5.11 Å². The molecule has 5 heteroatoms. The summed E-state index contributed by atoms with van der Waals surface area (Å²) in [5.74, 6) is -0.854. The Balaban J connectivity index is 2.17. The smallest absolute Gasteiger partial charge is 0.309 e. The minimum absolute atomic E-state index is 0.0376. The number of aliphatic carboxylic acids is 1. The van der Waals surface area contributed by atoms with E-state index >= 15 is 0 Å². The average Bonchev–Trinajstić information content (AvgIpc) is 2.95. The summed E-state index contributed by atoms with van der Waals surface area (Å²) in [4.78, 5) is 17.3. The molecule has 0 saturated heterocycles. The maximum Gasteiger partial charge on any atom is 0.309 e. The molecule has 2 heterocycles. The Morgan fingerprint density at radius 1 is 1.35 bits per heavy atom. The average molecular weight is 286 g/mol. The molecule has 0 radical (unpaired) electrons. The Morgan fingerprint density at radius 3 is 2.75 bits per heavy atom. The number of carboxylic acids is 1. The molecule has 0 bridgehead atoms. The van der Waals surface area contributed by atoms with Crippen LogP contribution in [0.3, 0.4) is 0 Å². The van der Waals surface area contributed by atoms with Crippen LogP contribution in [0.25, 0.3) is 16.2 Å². The maximum atomic E-state index is 10.8. The molecule has 0 fully saturated rings. The van der Waals surface area contributed by atoms with E-state index in [0.717, 1.165) is 22.6 Å². The fraction of sp³-hybridized carbons (Fsp3) is 0.200. The van der Waals surface area contributed by atoms with Crippen LogP contribution in [0.4, 0.5) is 0 Å². The highest BCUT2D eigenvalue weighted by Gasteiger charge is 2.16. The van der Waals surface area contributed by atoms with Crippen LogP contribution < -0.4 is 0 Å². The molecule has 102 valence electrons. The Hall–Kier alpha value is -2.14. The van der Waals surface area contributed by atoms with Crippen molar-refractivity contribution in [3.63, 3.8) is 0 Å². The largest absolute Gasteiger partial charge is 0.481 e. The van der Waals surface area contributed by atoms with Gasteiger partial charge in [0.1, 0.15) is 0 Å². The van der Waals surface area contributed by atoms with Crippen LogP contribution in [0.2, 0.25) is 0 Å². The normalized spacial score (nSPS) is 11.1. The van der Waals surface area contributed by atoms with E-state index in [2.05, 4.69) is 24.0 Å². The summed E-state index contributed by atoms with van der Waals surface area (Å²) in [5, 5.41) is 8.87. The van der Waals surface area contributed by atoms with Crippen molar-refractivity contribution < 1.29 is 9.90 Å². The molecule has 4 nitrogen and oxygen atoms in total. The number of carboxylic acid groups (broad SMARTS) is 1. The first-order chi connectivity index (χ1) is 9.69. The highest BCUT2D eigenvalue weighted by Crippen LogP contribution is 2.32. The Labute approximate surface area is 120 Å². The quantitative estimate of drug-likeness (QED) is 0.801. The number of rotatable bonds is 4. The molecule has 20 heavy (non-hydrogen) atoms. The zero-order chi connectivity index (χ0) is 14.1. The van der Waals surface area contributed by atoms with E-state index in [1.165, 1.54) is 4.88 Å². The highest BCUT2D eigenvalue weighted by molar-refractivity contribution is 7.17. The third kappa shape index (κ3) is 2.20. The Kier molecular flexibility index (Phi) is 3.28. The van der Waals surface area contributed by atoms with Crippen molar-refractivity contribution in [3.8, 4) is 11.3 Å². The number of aromatic nitrogens is 2. The van der Waals surface area contributed by atoms with Gasteiger partial charge in [-0.25, -0.2) is 4.98 Å². The van der Waals surface area contributed by atoms with E-state index in [4.69, 9.17) is 5.11 Å². The summed E-state index contributed by atoms with van der Waals surface area (Å²) in [7, 11) is 0. The fourth-order valence-electron chi connectivity index (χ4n) is 2.31. The Bertz CT molecular complexity index is 759. The van der Waals surface area contributed by atoms with Crippen molar-refractivity contribution in [2.75, 3.05) is 0 Å². The van der Waals surface area contributed by atoms with Crippen LogP contribution in [0.1, 0.15) is 17.5 Å². The maximum absolute atomic E-state index is 10.8. The predicted molar refractivity (Wildman–Crippen MR) is 79.2 cm³/mol. The molecular weight excluding hydrogens is 272 g/mol. The minimum Gasteiger partial charge on any atom is -0.481 e. The van der Waals surface area contributed by atoms with Crippen molar-refractivity contribution in [1.82, 2.24) is 9.38 Å². The van der Waals surface area contributed by atoms with Gasteiger partial charge in [0.15, 0.2) is 4.96 Å². The third-order valence-corrected chi connectivity index (χ3v) is 4.34. The van der Waals surface area contributed by atoms with Gasteiger partial charge in [0, 0.05) is 11.1 Å². The lowest BCUT2D eigenvalue weighted by atomic mass is 10.1. The number of hydrogen-bond donors (Lipinski definition) is 1. The molecule has 0 aliphatic heterocycles. The van der Waals surface area contributed by atoms with Crippen molar-refractivity contribution in [2.45, 2.75) is 19.8 Å². The third-order valence-electron chi connectivity index (χ3n) is 3.14. The van der Waals surface area contributed by atoms with Crippen LogP contribution in [0.15, 0.2) is 36.5 Å². The summed E-state index contributed by atoms with van der Waals surface area (Å²) < 4.78 is 2.01. The molecule has 0 aliphatic rings. The number of hydrogen-bond acceptors (Lipinski definition) is 3. The molecule has 0 saturated carbocycles. The van der Waals surface area contributed by atoms with Gasteiger partial charge in [0.05, 0.1) is 17.8 Å². The molecule has 0 amide bonds. The van der Waals surface area contributed by atoms with Gasteiger partial charge >= 0.3 is 5.97 Å². The van der Waals surface area contributed by atoms with Gasteiger partial charge in [-0.2, -0.15) is 0 Å². The molecule has 1 N–H and O–H groups in total. The zero-order valence-electron chi connectivity index (χ0n) is 11.0. The second-order valence-corrected chi connectivity index (χ2v) is 5.61. The SMILES string of the molecule is CCc1sc2nc(CC(=O)O)cn2c1-c1ccccc1. The molecule has 3 aromatic rings. The van der Waals surface area contributed by atoms with E-state index < -0.39 is 5.97 Å². The lowest BCUT2D eigenvalue weighted by Crippen LogP contribution is -1.99. The monoisotopic (exact) mass is 286 g/mol. The first-order valence-electron chi connectivity index (χ1n) is 6.46. The summed E-state index contributed by atoms with van der Waals surface area (Å²) in [6, 6.07) is 10.1. The molecular formula is C15H14N2O2S. The minimum atomic E-state index is -0.854. The molecule has 3 rings (SSSR count). The summed E-state index contributed by atoms with van der Waals surface area (Å²) in [5.41, 5.74) is 2.86. The van der Waals surface area contributed by atoms with E-state index in [1.54, 1.807) is 11.3 Å². The van der Waals surface area contributed by atoms with Crippen LogP contribution in [0, 0.1) is 0 Å². The van der Waals surface area contributed by atoms with Gasteiger partial charge in [-0.15, -0.1) is 11.3 Å². The number of fused-ring (bicyclic) bond motifs is 1. The topological polar surface area (TPSA) is 54.6 Å². The number of carbonyl (C=O) groups is 1. The second kappa shape index (κ2) is 5.09. The zero-order valence-corrected chi connectivity index (χ0v) is 11.9. The molecule has 2 aromatic heterocycles. The lowest BCUT2D eigenvalue weighted by molar-refractivity contribution is -0.136. The molecule has 1 aromatic carbocycles. The van der Waals surface area contributed by atoms with Crippen LogP contribution >= 0.6 is 11.3 Å². The van der Waals surface area contributed by atoms with Gasteiger partial charge in [-0.05, 0) is 12.0 Å². The number of aryl methyl sites for hydroxylation is 1. The van der Waals surface area contributed by atoms with Gasteiger partial charge in [-0.1, -0.05) is 37.3 Å². The van der Waals surface area contributed by atoms with Crippen molar-refractivity contribution in [2.24, 2.45) is 0 Å². The van der Waals surface area contributed by atoms with E-state index in [9.17, 15) is 4.79 Å². The van der Waals surface area contributed by atoms with Crippen LogP contribution in [-0.2, 0) is 17.6 Å². The fourth-order valence-corrected chi connectivity index (χ4v) is 3.39. The molecule has 0 aliphatic carbocycles. The Morgan fingerprint density at radius 2 is 2.10 bits per heavy atom. The van der Waals surface area contributed by atoms with E-state index in [0.29, 0.717) is 5.69 Å². The molecule has 0 unspecified atom stereocenters. The summed E-state index contributed by atoms with van der Waals surface area (Å²) in [6.45, 7) is 2.12. The summed E-state index contributed by atoms with van der Waals surface area (Å²) >= 11 is 1.63. The van der Waals surface area contributed by atoms with E-state index in [-0.39, 0.29) is 6.42 Å². The van der Waals surface area contributed by atoms with Crippen molar-refractivity contribution >= 4 is 22.3 Å². The van der Waals surface area contributed by atoms with Crippen molar-refractivity contribution in [3.05, 3.63) is 47.1 Å². The lowest BCUT2D eigenvalue weighted by Gasteiger charge is -2.02. The van der Waals surface area contributed by atoms with Crippen molar-refractivity contribution in [1.29, 1.82) is 0 Å². The second-order valence-electron chi connectivity index (χ2n) is 4.55. The number of thiazole rings is 1. The number of benzene rings is 1. The van der Waals surface area contributed by atoms with Gasteiger partial charge in [-0.3, -0.25) is 9.20 Å². The van der Waals surface area contributed by atoms with Gasteiger partial charge in [0.25, 0.3) is 0 Å². The van der Waals surface area contributed by atoms with Gasteiger partial charge in [0.2, 0.25) is 0 Å². The highest BCUT2D eigenvalue weighted by atomic mass is 32.1. The van der Waals surface area contributed by atoms with Crippen LogP contribution in [-0.4, -0.2) is 20.5 Å². The first-order valence-corrected chi connectivity index (χ1v) is 7.27. The van der Waals surface area contributed by atoms with E-state index in [1.807, 2.05) is 28.8 Å². The standard InChI is InChI=1S/C15H14N2O2S/c1-2-12-14(10-6-4-3-5-7-10)17-9-11(8-13(18)19)16-15(17)20-12/h3-7,9H,2,8H2,1H3,(H,18,19). The molecule has 0 atom stereocenters. The predicted octanol–water partition coefficient (Wildman–Crippen LogP) is 3.25. The van der Waals surface area contributed by atoms with Crippen LogP contribution in [0.5, 0.6) is 0 Å². The number of imidazole rings is 1.